The van der Waals surface area contributed by atoms with Crippen molar-refractivity contribution >= 4 is 49.4 Å². The summed E-state index contributed by atoms with van der Waals surface area (Å²) in [6.07, 6.45) is -1.35. The Morgan fingerprint density at radius 1 is 0.657 bits per heavy atom. The van der Waals surface area contributed by atoms with Gasteiger partial charge in [0.2, 0.25) is 7.82 Å². The van der Waals surface area contributed by atoms with Gasteiger partial charge in [0.1, 0.15) is 18.3 Å². The van der Waals surface area contributed by atoms with Gasteiger partial charge in [0.25, 0.3) is 0 Å². The average molecular weight is 608 g/mol. The van der Waals surface area contributed by atoms with E-state index in [9.17, 15) is 14.6 Å². The first-order chi connectivity index (χ1) is 15.1. The molecule has 0 aromatic carbocycles. The molecular weight excluding hydrogens is 556 g/mol. The van der Waals surface area contributed by atoms with E-state index in [-0.39, 0.29) is 24.9 Å². The SMILES string of the molecule is C[Si](C)(C)OC1O[C@H](CO)[C@@H](O[Si](C)(C)C)[C@H]1O[Si](C)(C)C.C[Si](C)(C)OP(=O)([O-])O[Si](C)(C)C. The molecule has 1 saturated heterocycles. The molecule has 0 aromatic rings. The first-order valence-corrected chi connectivity index (χ1v) is 30.7. The van der Waals surface area contributed by atoms with Crippen molar-refractivity contribution in [3.05, 3.63) is 0 Å². The molecule has 1 aliphatic heterocycles. The Kier molecular flexibility index (Phi) is 13.3. The van der Waals surface area contributed by atoms with Gasteiger partial charge in [0.05, 0.1) is 6.61 Å². The van der Waals surface area contributed by atoms with Crippen LogP contribution in [0.2, 0.25) is 98.2 Å². The van der Waals surface area contributed by atoms with E-state index in [1.165, 1.54) is 0 Å². The van der Waals surface area contributed by atoms with Crippen molar-refractivity contribution in [1.82, 2.24) is 0 Å². The molecule has 0 saturated carbocycles. The highest BCUT2D eigenvalue weighted by Gasteiger charge is 2.50. The van der Waals surface area contributed by atoms with Gasteiger partial charge in [-0.25, -0.2) is 0 Å². The lowest BCUT2D eigenvalue weighted by Gasteiger charge is -2.35. The summed E-state index contributed by atoms with van der Waals surface area (Å²) in [5.41, 5.74) is 0. The van der Waals surface area contributed by atoms with Crippen LogP contribution in [-0.2, 0) is 31.0 Å². The van der Waals surface area contributed by atoms with Gasteiger partial charge >= 0.3 is 0 Å². The van der Waals surface area contributed by atoms with Crippen LogP contribution in [0.15, 0.2) is 0 Å². The van der Waals surface area contributed by atoms with Crippen molar-refractivity contribution in [3.63, 3.8) is 0 Å². The zero-order valence-corrected chi connectivity index (χ0v) is 30.6. The Labute approximate surface area is 219 Å². The van der Waals surface area contributed by atoms with Gasteiger partial charge in [-0.15, -0.1) is 0 Å². The fourth-order valence-electron chi connectivity index (χ4n) is 3.06. The Bertz CT molecular complexity index is 674. The third-order valence-corrected chi connectivity index (χ3v) is 12.7. The van der Waals surface area contributed by atoms with Crippen LogP contribution in [-0.4, -0.2) is 77.9 Å². The van der Waals surface area contributed by atoms with E-state index in [0.717, 1.165) is 0 Å². The van der Waals surface area contributed by atoms with Crippen molar-refractivity contribution in [2.75, 3.05) is 6.61 Å². The lowest BCUT2D eigenvalue weighted by molar-refractivity contribution is -0.210. The lowest BCUT2D eigenvalue weighted by atomic mass is 10.1. The van der Waals surface area contributed by atoms with E-state index in [1.807, 2.05) is 39.3 Å². The molecule has 1 heterocycles. The second kappa shape index (κ2) is 12.9. The normalized spacial score (nSPS) is 24.8. The second-order valence-electron chi connectivity index (χ2n) is 13.7. The molecule has 1 aliphatic rings. The van der Waals surface area contributed by atoms with Crippen molar-refractivity contribution in [3.8, 4) is 0 Å². The predicted octanol–water partition coefficient (Wildman–Crippen LogP) is 5.15. The third-order valence-electron chi connectivity index (χ3n) is 3.67. The minimum Gasteiger partial charge on any atom is -0.757 e. The number of hydrogen-bond donors (Lipinski definition) is 1. The maximum atomic E-state index is 11.3. The number of aliphatic hydroxyl groups is 1. The fraction of sp³-hybridized carbons (Fsp3) is 1.00. The topological polar surface area (TPSA) is 116 Å². The quantitative estimate of drug-likeness (QED) is 0.251. The van der Waals surface area contributed by atoms with E-state index in [1.54, 1.807) is 0 Å². The summed E-state index contributed by atoms with van der Waals surface area (Å²) in [7, 11) is -13.6. The van der Waals surface area contributed by atoms with E-state index in [0.29, 0.717) is 0 Å². The summed E-state index contributed by atoms with van der Waals surface area (Å²) in [6, 6.07) is 0. The molecule has 212 valence electrons. The van der Waals surface area contributed by atoms with Gasteiger partial charge < -0.3 is 36.4 Å². The number of rotatable bonds is 11. The molecule has 1 rings (SSSR count). The van der Waals surface area contributed by atoms with Crippen LogP contribution < -0.4 is 4.89 Å². The molecule has 1 N–H and O–H groups in total. The maximum Gasteiger partial charge on any atom is 0.248 e. The molecule has 1 unspecified atom stereocenters. The van der Waals surface area contributed by atoms with Crippen molar-refractivity contribution in [1.29, 1.82) is 0 Å². The largest absolute Gasteiger partial charge is 0.757 e. The Balaban J connectivity index is 0.000000761. The Morgan fingerprint density at radius 2 is 1.00 bits per heavy atom. The van der Waals surface area contributed by atoms with E-state index in [4.69, 9.17) is 26.4 Å². The first-order valence-electron chi connectivity index (χ1n) is 12.2. The summed E-state index contributed by atoms with van der Waals surface area (Å²) in [4.78, 5) is 11.3. The molecule has 15 heteroatoms. The van der Waals surface area contributed by atoms with Crippen LogP contribution in [0.4, 0.5) is 0 Å². The van der Waals surface area contributed by atoms with Crippen LogP contribution in [0, 0.1) is 0 Å². The molecule has 4 atom stereocenters. The zero-order valence-electron chi connectivity index (χ0n) is 24.7. The minimum atomic E-state index is -4.06. The highest BCUT2D eigenvalue weighted by Crippen LogP contribution is 2.44. The molecule has 0 aliphatic carbocycles. The number of hydrogen-bond acceptors (Lipinski definition) is 9. The first kappa shape index (κ1) is 36.0. The Morgan fingerprint density at radius 3 is 1.29 bits per heavy atom. The lowest BCUT2D eigenvalue weighted by Crippen LogP contribution is -2.50. The van der Waals surface area contributed by atoms with Gasteiger partial charge in [-0.1, -0.05) is 0 Å². The van der Waals surface area contributed by atoms with Crippen LogP contribution >= 0.6 is 7.82 Å². The van der Waals surface area contributed by atoms with E-state index in [2.05, 4.69) is 58.9 Å². The number of ether oxygens (including phenoxy) is 1. The van der Waals surface area contributed by atoms with Crippen molar-refractivity contribution < 1.29 is 41.0 Å². The zero-order chi connectivity index (χ0) is 28.3. The van der Waals surface area contributed by atoms with Crippen LogP contribution in [0.25, 0.3) is 0 Å². The molecule has 35 heavy (non-hydrogen) atoms. The monoisotopic (exact) mass is 607 g/mol. The number of aliphatic hydroxyl groups excluding tert-OH is 1. The fourth-order valence-corrected chi connectivity index (χ4v) is 12.0. The van der Waals surface area contributed by atoms with Gasteiger partial charge in [0, 0.05) is 0 Å². The smallest absolute Gasteiger partial charge is 0.248 e. The molecule has 0 aromatic heterocycles. The molecule has 0 bridgehead atoms. The Hall–Kier alpha value is 0.994. The summed E-state index contributed by atoms with van der Waals surface area (Å²) >= 11 is 0. The molecule has 9 nitrogen and oxygen atoms in total. The molecule has 1 fully saturated rings. The van der Waals surface area contributed by atoms with Crippen LogP contribution in [0.5, 0.6) is 0 Å². The van der Waals surface area contributed by atoms with E-state index < -0.39 is 55.7 Å². The summed E-state index contributed by atoms with van der Waals surface area (Å²) in [6.45, 7) is 30.0. The van der Waals surface area contributed by atoms with Gasteiger partial charge in [-0.05, 0) is 98.2 Å². The highest BCUT2D eigenvalue weighted by atomic mass is 31.2. The van der Waals surface area contributed by atoms with Gasteiger partial charge in [0.15, 0.2) is 47.9 Å². The summed E-state index contributed by atoms with van der Waals surface area (Å²) in [5.74, 6) is 0. The van der Waals surface area contributed by atoms with E-state index >= 15 is 0 Å². The minimum absolute atomic E-state index is 0.0771. The maximum absolute atomic E-state index is 11.3. The third kappa shape index (κ3) is 18.0. The van der Waals surface area contributed by atoms with Crippen molar-refractivity contribution in [2.45, 2.75) is 123 Å². The molecule has 0 spiro atoms. The van der Waals surface area contributed by atoms with Gasteiger partial charge in [-0.2, -0.15) is 0 Å². The van der Waals surface area contributed by atoms with Gasteiger partial charge in [-0.3, -0.25) is 4.57 Å². The van der Waals surface area contributed by atoms with Crippen molar-refractivity contribution in [2.24, 2.45) is 0 Å². The summed E-state index contributed by atoms with van der Waals surface area (Å²) in [5, 5.41) is 9.69. The van der Waals surface area contributed by atoms with Crippen LogP contribution in [0.3, 0.4) is 0 Å². The standard InChI is InChI=1S/C14H34O5Si3.C6H19O4PSi2/c1-20(2,3)17-12-11(10-15)16-14(19-22(7,8)9)13(12)18-21(4,5)6;1-12(2,3)9-11(7,8)10-13(4,5)6/h11-15H,10H2,1-9H3;1-6H3,(H,7,8)/p-1/t11-,12-,13-,14?;/m1./s1. The van der Waals surface area contributed by atoms with Crippen LogP contribution in [0.1, 0.15) is 0 Å². The predicted molar refractivity (Wildman–Crippen MR) is 153 cm³/mol. The number of phosphoric acid groups is 1. The molecule has 0 amide bonds. The molecule has 0 radical (unpaired) electrons. The average Bonchev–Trinajstić information content (AvgIpc) is 2.75. The summed E-state index contributed by atoms with van der Waals surface area (Å²) < 4.78 is 46.0. The second-order valence-corrected chi connectivity index (χ2v) is 37.9. The highest BCUT2D eigenvalue weighted by molar-refractivity contribution is 7.49. The molecular formula is C20H52O9PSi5-.